The minimum Gasteiger partial charge on any atom is -0.465 e. The van der Waals surface area contributed by atoms with E-state index in [2.05, 4.69) is 10.6 Å². The summed E-state index contributed by atoms with van der Waals surface area (Å²) < 4.78 is 0. The molecule has 1 heterocycles. The SMILES string of the molecule is O=C(O)Nc1ccc2c(c1)CNCCC2. The lowest BCUT2D eigenvalue weighted by Gasteiger charge is -2.08. The van der Waals surface area contributed by atoms with Gasteiger partial charge in [-0.05, 0) is 42.6 Å². The maximum absolute atomic E-state index is 10.5. The van der Waals surface area contributed by atoms with E-state index in [-0.39, 0.29) is 0 Å². The summed E-state index contributed by atoms with van der Waals surface area (Å²) in [7, 11) is 0. The second kappa shape index (κ2) is 4.31. The molecule has 0 saturated carbocycles. The molecule has 0 bridgehead atoms. The first kappa shape index (κ1) is 9.98. The summed E-state index contributed by atoms with van der Waals surface area (Å²) in [5.74, 6) is 0. The predicted octanol–water partition coefficient (Wildman–Crippen LogP) is 1.81. The number of nitrogens with one attached hydrogen (secondary N) is 2. The van der Waals surface area contributed by atoms with Gasteiger partial charge in [0.1, 0.15) is 0 Å². The van der Waals surface area contributed by atoms with Crippen molar-refractivity contribution in [3.8, 4) is 0 Å². The Morgan fingerprint density at radius 3 is 3.07 bits per heavy atom. The van der Waals surface area contributed by atoms with Crippen molar-refractivity contribution in [3.63, 3.8) is 0 Å². The van der Waals surface area contributed by atoms with Crippen LogP contribution in [0.2, 0.25) is 0 Å². The Hall–Kier alpha value is -1.55. The number of fused-ring (bicyclic) bond motifs is 1. The molecule has 1 aliphatic heterocycles. The average Bonchev–Trinajstić information content (AvgIpc) is 2.41. The molecule has 4 nitrogen and oxygen atoms in total. The van der Waals surface area contributed by atoms with E-state index in [9.17, 15) is 4.79 Å². The third kappa shape index (κ3) is 2.47. The zero-order valence-electron chi connectivity index (χ0n) is 8.42. The Bertz CT molecular complexity index is 377. The van der Waals surface area contributed by atoms with Gasteiger partial charge in [-0.3, -0.25) is 5.32 Å². The first-order valence-corrected chi connectivity index (χ1v) is 5.08. The fraction of sp³-hybridized carbons (Fsp3) is 0.364. The molecule has 0 aromatic heterocycles. The molecule has 80 valence electrons. The highest BCUT2D eigenvalue weighted by atomic mass is 16.4. The molecule has 15 heavy (non-hydrogen) atoms. The molecule has 1 aliphatic rings. The highest BCUT2D eigenvalue weighted by Gasteiger charge is 2.08. The third-order valence-corrected chi connectivity index (χ3v) is 2.57. The summed E-state index contributed by atoms with van der Waals surface area (Å²) in [6.45, 7) is 1.85. The van der Waals surface area contributed by atoms with Gasteiger partial charge in [-0.25, -0.2) is 4.79 Å². The summed E-state index contributed by atoms with van der Waals surface area (Å²) in [4.78, 5) is 10.5. The van der Waals surface area contributed by atoms with E-state index in [0.717, 1.165) is 25.9 Å². The smallest absolute Gasteiger partial charge is 0.409 e. The summed E-state index contributed by atoms with van der Waals surface area (Å²) in [5.41, 5.74) is 3.15. The molecule has 4 heteroatoms. The van der Waals surface area contributed by atoms with Crippen molar-refractivity contribution < 1.29 is 9.90 Å². The highest BCUT2D eigenvalue weighted by Crippen LogP contribution is 2.19. The topological polar surface area (TPSA) is 61.4 Å². The van der Waals surface area contributed by atoms with Crippen LogP contribution in [0.25, 0.3) is 0 Å². The number of carboxylic acid groups (broad SMARTS) is 1. The van der Waals surface area contributed by atoms with Crippen molar-refractivity contribution >= 4 is 11.8 Å². The summed E-state index contributed by atoms with van der Waals surface area (Å²) in [5, 5.41) is 14.3. The van der Waals surface area contributed by atoms with Crippen LogP contribution >= 0.6 is 0 Å². The van der Waals surface area contributed by atoms with Crippen LogP contribution < -0.4 is 10.6 Å². The largest absolute Gasteiger partial charge is 0.465 e. The standard InChI is InChI=1S/C11H14N2O2/c14-11(15)13-10-4-3-8-2-1-5-12-7-9(8)6-10/h3-4,6,12-13H,1-2,5,7H2,(H,14,15). The Balaban J connectivity index is 2.23. The number of carbonyl (C=O) groups is 1. The molecule has 1 aromatic rings. The van der Waals surface area contributed by atoms with Crippen LogP contribution in [-0.4, -0.2) is 17.7 Å². The number of hydrogen-bond acceptors (Lipinski definition) is 2. The molecule has 1 aromatic carbocycles. The second-order valence-corrected chi connectivity index (χ2v) is 3.69. The molecular formula is C11H14N2O2. The minimum atomic E-state index is -1.02. The van der Waals surface area contributed by atoms with Gasteiger partial charge < -0.3 is 10.4 Å². The number of amides is 1. The van der Waals surface area contributed by atoms with Crippen LogP contribution in [0.5, 0.6) is 0 Å². The highest BCUT2D eigenvalue weighted by molar-refractivity contribution is 5.83. The fourth-order valence-electron chi connectivity index (χ4n) is 1.86. The van der Waals surface area contributed by atoms with Gasteiger partial charge in [0, 0.05) is 12.2 Å². The van der Waals surface area contributed by atoms with Crippen LogP contribution in [0.3, 0.4) is 0 Å². The average molecular weight is 206 g/mol. The number of anilines is 1. The number of benzene rings is 1. The molecule has 1 amide bonds. The molecule has 0 atom stereocenters. The van der Waals surface area contributed by atoms with Crippen molar-refractivity contribution in [1.29, 1.82) is 0 Å². The van der Waals surface area contributed by atoms with Gasteiger partial charge in [-0.2, -0.15) is 0 Å². The van der Waals surface area contributed by atoms with Crippen LogP contribution in [0.4, 0.5) is 10.5 Å². The van der Waals surface area contributed by atoms with E-state index >= 15 is 0 Å². The monoisotopic (exact) mass is 206 g/mol. The Morgan fingerprint density at radius 2 is 2.27 bits per heavy atom. The van der Waals surface area contributed by atoms with Crippen molar-refractivity contribution in [3.05, 3.63) is 29.3 Å². The van der Waals surface area contributed by atoms with Crippen LogP contribution in [0.1, 0.15) is 17.5 Å². The quantitative estimate of drug-likeness (QED) is 0.656. The van der Waals surface area contributed by atoms with Gasteiger partial charge in [0.2, 0.25) is 0 Å². The predicted molar refractivity (Wildman–Crippen MR) is 58.1 cm³/mol. The first-order chi connectivity index (χ1) is 7.25. The molecule has 0 unspecified atom stereocenters. The Labute approximate surface area is 88.3 Å². The van der Waals surface area contributed by atoms with Crippen LogP contribution in [0.15, 0.2) is 18.2 Å². The molecule has 0 aliphatic carbocycles. The Morgan fingerprint density at radius 1 is 1.40 bits per heavy atom. The maximum atomic E-state index is 10.5. The maximum Gasteiger partial charge on any atom is 0.409 e. The normalized spacial score (nSPS) is 15.2. The first-order valence-electron chi connectivity index (χ1n) is 5.08. The van der Waals surface area contributed by atoms with E-state index in [1.807, 2.05) is 18.2 Å². The van der Waals surface area contributed by atoms with E-state index in [0.29, 0.717) is 5.69 Å². The summed E-state index contributed by atoms with van der Waals surface area (Å²) in [6, 6.07) is 5.73. The summed E-state index contributed by atoms with van der Waals surface area (Å²) >= 11 is 0. The lowest BCUT2D eigenvalue weighted by atomic mass is 10.0. The lowest BCUT2D eigenvalue weighted by Crippen LogP contribution is -2.12. The molecule has 0 saturated heterocycles. The van der Waals surface area contributed by atoms with Gasteiger partial charge in [-0.15, -0.1) is 0 Å². The van der Waals surface area contributed by atoms with Crippen molar-refractivity contribution in [2.75, 3.05) is 11.9 Å². The molecular weight excluding hydrogens is 192 g/mol. The fourth-order valence-corrected chi connectivity index (χ4v) is 1.86. The number of aryl methyl sites for hydroxylation is 1. The van der Waals surface area contributed by atoms with E-state index < -0.39 is 6.09 Å². The van der Waals surface area contributed by atoms with E-state index in [4.69, 9.17) is 5.11 Å². The van der Waals surface area contributed by atoms with Gasteiger partial charge in [0.25, 0.3) is 0 Å². The van der Waals surface area contributed by atoms with Crippen molar-refractivity contribution in [2.45, 2.75) is 19.4 Å². The van der Waals surface area contributed by atoms with Gasteiger partial charge in [0.15, 0.2) is 0 Å². The molecule has 0 fully saturated rings. The number of rotatable bonds is 1. The molecule has 0 radical (unpaired) electrons. The number of hydrogen-bond donors (Lipinski definition) is 3. The Kier molecular flexibility index (Phi) is 2.87. The molecule has 0 spiro atoms. The van der Waals surface area contributed by atoms with Gasteiger partial charge >= 0.3 is 6.09 Å². The van der Waals surface area contributed by atoms with Gasteiger partial charge in [-0.1, -0.05) is 6.07 Å². The van der Waals surface area contributed by atoms with E-state index in [1.54, 1.807) is 0 Å². The zero-order valence-corrected chi connectivity index (χ0v) is 8.42. The van der Waals surface area contributed by atoms with Crippen LogP contribution in [-0.2, 0) is 13.0 Å². The second-order valence-electron chi connectivity index (χ2n) is 3.69. The molecule has 3 N–H and O–H groups in total. The minimum absolute atomic E-state index is 0.643. The summed E-state index contributed by atoms with van der Waals surface area (Å²) in [6.07, 6.45) is 1.19. The lowest BCUT2D eigenvalue weighted by molar-refractivity contribution is 0.210. The molecule has 2 rings (SSSR count). The van der Waals surface area contributed by atoms with E-state index in [1.165, 1.54) is 11.1 Å². The zero-order chi connectivity index (χ0) is 10.7. The van der Waals surface area contributed by atoms with Crippen molar-refractivity contribution in [2.24, 2.45) is 0 Å². The van der Waals surface area contributed by atoms with Crippen molar-refractivity contribution in [1.82, 2.24) is 5.32 Å². The van der Waals surface area contributed by atoms with Crippen LogP contribution in [0, 0.1) is 0 Å². The third-order valence-electron chi connectivity index (χ3n) is 2.57. The van der Waals surface area contributed by atoms with Gasteiger partial charge in [0.05, 0.1) is 0 Å².